The van der Waals surface area contributed by atoms with Crippen LogP contribution in [0.3, 0.4) is 0 Å². The molecule has 0 atom stereocenters. The van der Waals surface area contributed by atoms with Crippen LogP contribution in [0.1, 0.15) is 5.69 Å². The fourth-order valence-corrected chi connectivity index (χ4v) is 2.98. The molecular formula is C22H16ClN3O2. The first-order valence-electron chi connectivity index (χ1n) is 8.64. The second-order valence-corrected chi connectivity index (χ2v) is 6.31. The smallest absolute Gasteiger partial charge is 0.248 e. The quantitative estimate of drug-likeness (QED) is 0.463. The number of nitrogens with one attached hydrogen (secondary N) is 1. The highest BCUT2D eigenvalue weighted by Crippen LogP contribution is 2.29. The normalized spacial score (nSPS) is 11.0. The number of imidazole rings is 1. The second-order valence-electron chi connectivity index (χ2n) is 5.95. The van der Waals surface area contributed by atoms with Gasteiger partial charge in [-0.3, -0.25) is 9.20 Å². The number of benzene rings is 2. The lowest BCUT2D eigenvalue weighted by Gasteiger charge is -2.11. The van der Waals surface area contributed by atoms with Gasteiger partial charge in [-0.2, -0.15) is 0 Å². The highest BCUT2D eigenvalue weighted by atomic mass is 35.5. The molecule has 4 rings (SSSR count). The summed E-state index contributed by atoms with van der Waals surface area (Å²) in [5, 5.41) is 3.17. The first kappa shape index (κ1) is 17.8. The van der Waals surface area contributed by atoms with Crippen molar-refractivity contribution in [1.82, 2.24) is 9.38 Å². The van der Waals surface area contributed by atoms with Crippen LogP contribution in [-0.4, -0.2) is 15.3 Å². The van der Waals surface area contributed by atoms with Crippen molar-refractivity contribution in [3.63, 3.8) is 0 Å². The van der Waals surface area contributed by atoms with Gasteiger partial charge in [0.05, 0.1) is 11.4 Å². The summed E-state index contributed by atoms with van der Waals surface area (Å²) >= 11 is 6.19. The molecule has 1 N–H and O–H groups in total. The summed E-state index contributed by atoms with van der Waals surface area (Å²) in [4.78, 5) is 16.7. The fraction of sp³-hybridized carbons (Fsp3) is 0. The molecule has 6 heteroatoms. The predicted molar refractivity (Wildman–Crippen MR) is 111 cm³/mol. The van der Waals surface area contributed by atoms with Crippen LogP contribution in [-0.2, 0) is 4.79 Å². The van der Waals surface area contributed by atoms with Gasteiger partial charge in [-0.15, -0.1) is 0 Å². The molecule has 4 aromatic rings. The molecule has 0 saturated heterocycles. The summed E-state index contributed by atoms with van der Waals surface area (Å²) in [6.45, 7) is 0. The van der Waals surface area contributed by atoms with Crippen molar-refractivity contribution in [1.29, 1.82) is 0 Å². The molecule has 0 radical (unpaired) electrons. The van der Waals surface area contributed by atoms with Crippen LogP contribution >= 0.6 is 11.6 Å². The largest absolute Gasteiger partial charge is 0.455 e. The molecular weight excluding hydrogens is 374 g/mol. The topological polar surface area (TPSA) is 55.6 Å². The highest BCUT2D eigenvalue weighted by molar-refractivity contribution is 6.31. The Balaban J connectivity index is 1.53. The van der Waals surface area contributed by atoms with Crippen LogP contribution in [0.5, 0.6) is 11.5 Å². The number of carbonyl (C=O) groups excluding carboxylic acids is 1. The van der Waals surface area contributed by atoms with Crippen molar-refractivity contribution < 1.29 is 9.53 Å². The lowest BCUT2D eigenvalue weighted by atomic mass is 10.2. The van der Waals surface area contributed by atoms with Crippen molar-refractivity contribution in [3.05, 3.63) is 95.9 Å². The van der Waals surface area contributed by atoms with Crippen LogP contribution in [0.15, 0.2) is 85.1 Å². The number of ether oxygens (including phenoxy) is 1. The summed E-state index contributed by atoms with van der Waals surface area (Å²) in [6.07, 6.45) is 4.90. The molecule has 28 heavy (non-hydrogen) atoms. The zero-order chi connectivity index (χ0) is 19.3. The molecule has 0 unspecified atom stereocenters. The summed E-state index contributed by atoms with van der Waals surface area (Å²) in [7, 11) is 0. The van der Waals surface area contributed by atoms with Gasteiger partial charge < -0.3 is 10.1 Å². The number of aromatic nitrogens is 2. The van der Waals surface area contributed by atoms with Gasteiger partial charge in [0.1, 0.15) is 11.4 Å². The summed E-state index contributed by atoms with van der Waals surface area (Å²) in [6, 6.07) is 22.3. The van der Waals surface area contributed by atoms with Gasteiger partial charge in [-0.25, -0.2) is 4.98 Å². The lowest BCUT2D eigenvalue weighted by molar-refractivity contribution is -0.111. The molecule has 2 aromatic carbocycles. The summed E-state index contributed by atoms with van der Waals surface area (Å²) < 4.78 is 7.68. The molecule has 0 saturated carbocycles. The molecule has 2 aromatic heterocycles. The van der Waals surface area contributed by atoms with Crippen molar-refractivity contribution in [2.24, 2.45) is 0 Å². The number of hydrogen-bond acceptors (Lipinski definition) is 3. The molecule has 5 nitrogen and oxygen atoms in total. The second kappa shape index (κ2) is 7.98. The van der Waals surface area contributed by atoms with Crippen LogP contribution in [0.2, 0.25) is 5.15 Å². The van der Waals surface area contributed by atoms with Crippen LogP contribution in [0.4, 0.5) is 5.69 Å². The number of amides is 1. The van der Waals surface area contributed by atoms with E-state index in [2.05, 4.69) is 10.3 Å². The zero-order valence-electron chi connectivity index (χ0n) is 14.7. The monoisotopic (exact) mass is 389 g/mol. The van der Waals surface area contributed by atoms with Crippen molar-refractivity contribution in [3.8, 4) is 11.5 Å². The van der Waals surface area contributed by atoms with Crippen molar-refractivity contribution in [2.45, 2.75) is 0 Å². The maximum absolute atomic E-state index is 12.4. The van der Waals surface area contributed by atoms with Gasteiger partial charge in [-0.05, 0) is 42.5 Å². The Hall–Kier alpha value is -3.57. The number of nitrogens with zero attached hydrogens (tertiary/aromatic N) is 2. The van der Waals surface area contributed by atoms with Gasteiger partial charge in [-0.1, -0.05) is 48.0 Å². The zero-order valence-corrected chi connectivity index (χ0v) is 15.5. The Morgan fingerprint density at radius 3 is 2.61 bits per heavy atom. The van der Waals surface area contributed by atoms with E-state index in [0.717, 1.165) is 0 Å². The Bertz CT molecular complexity index is 1150. The van der Waals surface area contributed by atoms with Crippen molar-refractivity contribution >= 4 is 34.9 Å². The number of anilines is 1. The van der Waals surface area contributed by atoms with Crippen molar-refractivity contribution in [2.75, 3.05) is 5.32 Å². The maximum Gasteiger partial charge on any atom is 0.248 e. The standard InChI is InChI=1S/C22H16ClN3O2/c23-22-18(26-15-7-6-12-20(26)25-22)13-14-21(27)24-17-10-4-5-11-19(17)28-16-8-2-1-3-9-16/h1-15H,(H,24,27)/b14-13+. The molecule has 0 spiro atoms. The first-order chi connectivity index (χ1) is 13.7. The van der Waals surface area contributed by atoms with E-state index in [0.29, 0.717) is 33.7 Å². The Morgan fingerprint density at radius 2 is 1.75 bits per heavy atom. The van der Waals surface area contributed by atoms with E-state index in [1.54, 1.807) is 18.2 Å². The van der Waals surface area contributed by atoms with Gasteiger partial charge in [0.2, 0.25) is 5.91 Å². The van der Waals surface area contributed by atoms with E-state index in [-0.39, 0.29) is 5.91 Å². The average Bonchev–Trinajstić information content (AvgIpc) is 3.04. The number of rotatable bonds is 5. The maximum atomic E-state index is 12.4. The Kier molecular flexibility index (Phi) is 5.08. The Morgan fingerprint density at radius 1 is 1.00 bits per heavy atom. The lowest BCUT2D eigenvalue weighted by Crippen LogP contribution is -2.08. The van der Waals surface area contributed by atoms with Gasteiger partial charge >= 0.3 is 0 Å². The minimum absolute atomic E-state index is 0.300. The van der Waals surface area contributed by atoms with E-state index in [9.17, 15) is 4.79 Å². The molecule has 0 aliphatic rings. The third-order valence-corrected chi connectivity index (χ3v) is 4.31. The number of carbonyl (C=O) groups is 1. The number of halogens is 1. The van der Waals surface area contributed by atoms with E-state index in [1.807, 2.05) is 71.3 Å². The van der Waals surface area contributed by atoms with Gasteiger partial charge in [0.15, 0.2) is 10.9 Å². The predicted octanol–water partition coefficient (Wildman–Crippen LogP) is 5.43. The highest BCUT2D eigenvalue weighted by Gasteiger charge is 2.09. The van der Waals surface area contributed by atoms with E-state index < -0.39 is 0 Å². The number of pyridine rings is 1. The summed E-state index contributed by atoms with van der Waals surface area (Å²) in [5.41, 5.74) is 1.93. The minimum Gasteiger partial charge on any atom is -0.455 e. The molecule has 0 aliphatic heterocycles. The third kappa shape index (κ3) is 3.89. The van der Waals surface area contributed by atoms with Crippen LogP contribution < -0.4 is 10.1 Å². The molecule has 2 heterocycles. The number of fused-ring (bicyclic) bond motifs is 1. The number of hydrogen-bond donors (Lipinski definition) is 1. The van der Waals surface area contributed by atoms with E-state index >= 15 is 0 Å². The van der Waals surface area contributed by atoms with Gasteiger partial charge in [0, 0.05) is 12.3 Å². The third-order valence-electron chi connectivity index (χ3n) is 4.03. The van der Waals surface area contributed by atoms with Crippen LogP contribution in [0, 0.1) is 0 Å². The first-order valence-corrected chi connectivity index (χ1v) is 9.02. The number of para-hydroxylation sites is 3. The summed E-state index contributed by atoms with van der Waals surface area (Å²) in [5.74, 6) is 0.951. The molecule has 0 aliphatic carbocycles. The SMILES string of the molecule is O=C(/C=C/c1c(Cl)nc2ccccn12)Nc1ccccc1Oc1ccccc1. The molecule has 138 valence electrons. The molecule has 1 amide bonds. The fourth-order valence-electron chi connectivity index (χ4n) is 2.74. The Labute approximate surface area is 166 Å². The van der Waals surface area contributed by atoms with E-state index in [4.69, 9.17) is 16.3 Å². The minimum atomic E-state index is -0.300. The van der Waals surface area contributed by atoms with Crippen LogP contribution in [0.25, 0.3) is 11.7 Å². The molecule has 0 fully saturated rings. The van der Waals surface area contributed by atoms with Gasteiger partial charge in [0.25, 0.3) is 0 Å². The average molecular weight is 390 g/mol. The molecule has 0 bridgehead atoms. The van der Waals surface area contributed by atoms with E-state index in [1.165, 1.54) is 6.08 Å².